The molecule has 2 fully saturated rings. The summed E-state index contributed by atoms with van der Waals surface area (Å²) in [5.74, 6) is -0.932. The van der Waals surface area contributed by atoms with E-state index in [0.717, 1.165) is 44.9 Å². The lowest BCUT2D eigenvalue weighted by atomic mass is 9.82. The number of ether oxygens (including phenoxy) is 1. The Morgan fingerprint density at radius 3 is 2.52 bits per heavy atom. The van der Waals surface area contributed by atoms with Crippen molar-refractivity contribution in [3.05, 3.63) is 0 Å². The Hall–Kier alpha value is -1.14. The molecule has 132 valence electrons. The zero-order valence-electron chi connectivity index (χ0n) is 14.1. The lowest BCUT2D eigenvalue weighted by molar-refractivity contribution is -0.428. The smallest absolute Gasteiger partial charge is 0.309 e. The van der Waals surface area contributed by atoms with Crippen LogP contribution in [0.3, 0.4) is 0 Å². The van der Waals surface area contributed by atoms with Crippen molar-refractivity contribution in [1.29, 1.82) is 0 Å². The second-order valence-corrected chi connectivity index (χ2v) is 7.30. The molecular weight excluding hydrogens is 300 g/mol. The van der Waals surface area contributed by atoms with E-state index in [0.29, 0.717) is 6.42 Å². The fourth-order valence-corrected chi connectivity index (χ4v) is 3.58. The van der Waals surface area contributed by atoms with Crippen LogP contribution in [0.4, 0.5) is 0 Å². The van der Waals surface area contributed by atoms with Crippen LogP contribution in [0.15, 0.2) is 0 Å². The first-order chi connectivity index (χ1) is 10.8. The fourth-order valence-electron chi connectivity index (χ4n) is 3.58. The van der Waals surface area contributed by atoms with Gasteiger partial charge in [-0.2, -0.15) is 0 Å². The molecule has 0 aromatic heterocycles. The number of carboxylic acid groups (broad SMARTS) is 1. The van der Waals surface area contributed by atoms with Crippen LogP contribution in [-0.2, 0) is 24.1 Å². The van der Waals surface area contributed by atoms with Crippen molar-refractivity contribution in [3.63, 3.8) is 0 Å². The molecule has 2 rings (SSSR count). The normalized spacial score (nSPS) is 33.3. The molecule has 3 atom stereocenters. The Balaban J connectivity index is 1.62. The average Bonchev–Trinajstić information content (AvgIpc) is 2.74. The van der Waals surface area contributed by atoms with E-state index in [1.165, 1.54) is 0 Å². The molecule has 0 aliphatic carbocycles. The molecule has 0 amide bonds. The van der Waals surface area contributed by atoms with Crippen molar-refractivity contribution in [2.45, 2.75) is 95.4 Å². The van der Waals surface area contributed by atoms with Crippen molar-refractivity contribution >= 4 is 11.9 Å². The first kappa shape index (κ1) is 18.2. The van der Waals surface area contributed by atoms with Gasteiger partial charge in [0.15, 0.2) is 0 Å². The Morgan fingerprint density at radius 2 is 1.83 bits per heavy atom. The molecule has 2 aliphatic heterocycles. The second kappa shape index (κ2) is 7.62. The molecular formula is C17H28O6. The first-order valence-electron chi connectivity index (χ1n) is 8.61. The minimum Gasteiger partial charge on any atom is -0.481 e. The molecule has 6 heteroatoms. The number of carbonyl (C=O) groups excluding carboxylic acids is 1. The van der Waals surface area contributed by atoms with Crippen LogP contribution in [0.1, 0.15) is 78.1 Å². The summed E-state index contributed by atoms with van der Waals surface area (Å²) in [6, 6.07) is 0. The van der Waals surface area contributed by atoms with Crippen molar-refractivity contribution < 1.29 is 29.2 Å². The molecule has 0 bridgehead atoms. The fraction of sp³-hybridized carbons (Fsp3) is 0.882. The van der Waals surface area contributed by atoms with Crippen LogP contribution >= 0.6 is 0 Å². The Labute approximate surface area is 137 Å². The van der Waals surface area contributed by atoms with Crippen molar-refractivity contribution in [3.8, 4) is 0 Å². The van der Waals surface area contributed by atoms with Crippen molar-refractivity contribution in [1.82, 2.24) is 0 Å². The van der Waals surface area contributed by atoms with Crippen LogP contribution in [0.5, 0.6) is 0 Å². The molecule has 0 aromatic rings. The van der Waals surface area contributed by atoms with Crippen LogP contribution in [0, 0.1) is 0 Å². The average molecular weight is 328 g/mol. The van der Waals surface area contributed by atoms with Crippen LogP contribution in [0.25, 0.3) is 0 Å². The van der Waals surface area contributed by atoms with Gasteiger partial charge in [0.25, 0.3) is 0 Å². The van der Waals surface area contributed by atoms with E-state index in [1.54, 1.807) is 0 Å². The third-order valence-electron chi connectivity index (χ3n) is 4.82. The molecule has 0 radical (unpaired) electrons. The Morgan fingerprint density at radius 1 is 1.17 bits per heavy atom. The van der Waals surface area contributed by atoms with Gasteiger partial charge in [0, 0.05) is 12.8 Å². The van der Waals surface area contributed by atoms with E-state index in [1.807, 2.05) is 13.8 Å². The van der Waals surface area contributed by atoms with Gasteiger partial charge in [0.05, 0.1) is 6.42 Å². The standard InChI is InChI=1S/C17H28O6/c1-16(10-8-6-4-3-5-7-9-14(18)19)12-17(2)13(22-23-16)11-15(20)21-17/h13H,3-12H2,1-2H3,(H,18,19)/t13-,16-,17-/m0/s1. The summed E-state index contributed by atoms with van der Waals surface area (Å²) >= 11 is 0. The number of esters is 1. The first-order valence-corrected chi connectivity index (χ1v) is 8.61. The van der Waals surface area contributed by atoms with Gasteiger partial charge in [0.2, 0.25) is 0 Å². The van der Waals surface area contributed by atoms with Crippen LogP contribution in [0.2, 0.25) is 0 Å². The number of carbonyl (C=O) groups is 2. The molecule has 0 saturated carbocycles. The summed E-state index contributed by atoms with van der Waals surface area (Å²) in [5, 5.41) is 8.57. The predicted molar refractivity (Wildman–Crippen MR) is 82.7 cm³/mol. The van der Waals surface area contributed by atoms with Gasteiger partial charge in [-0.15, -0.1) is 0 Å². The number of unbranched alkanes of at least 4 members (excludes halogenated alkanes) is 5. The summed E-state index contributed by atoms with van der Waals surface area (Å²) in [6.45, 7) is 3.93. The van der Waals surface area contributed by atoms with E-state index in [2.05, 4.69) is 0 Å². The van der Waals surface area contributed by atoms with E-state index in [-0.39, 0.29) is 24.9 Å². The zero-order valence-corrected chi connectivity index (χ0v) is 14.1. The molecule has 2 aliphatic rings. The third kappa shape index (κ3) is 5.18. The minimum absolute atomic E-state index is 0.216. The second-order valence-electron chi connectivity index (χ2n) is 7.30. The maximum Gasteiger partial charge on any atom is 0.309 e. The number of hydrogen-bond donors (Lipinski definition) is 1. The third-order valence-corrected chi connectivity index (χ3v) is 4.82. The van der Waals surface area contributed by atoms with E-state index in [9.17, 15) is 9.59 Å². The molecule has 23 heavy (non-hydrogen) atoms. The molecule has 2 saturated heterocycles. The van der Waals surface area contributed by atoms with Gasteiger partial charge in [0.1, 0.15) is 17.3 Å². The van der Waals surface area contributed by atoms with Crippen molar-refractivity contribution in [2.24, 2.45) is 0 Å². The molecule has 0 spiro atoms. The van der Waals surface area contributed by atoms with E-state index in [4.69, 9.17) is 19.6 Å². The van der Waals surface area contributed by atoms with Gasteiger partial charge >= 0.3 is 11.9 Å². The quantitative estimate of drug-likeness (QED) is 0.397. The lowest BCUT2D eigenvalue weighted by Gasteiger charge is -2.43. The molecule has 0 aromatic carbocycles. The Kier molecular flexibility index (Phi) is 6.03. The highest BCUT2D eigenvalue weighted by Gasteiger charge is 2.55. The van der Waals surface area contributed by atoms with Crippen LogP contribution in [-0.4, -0.2) is 34.4 Å². The number of aliphatic carboxylic acids is 1. The maximum atomic E-state index is 11.5. The number of carboxylic acids is 1. The lowest BCUT2D eigenvalue weighted by Crippen LogP contribution is -2.51. The minimum atomic E-state index is -0.716. The van der Waals surface area contributed by atoms with E-state index < -0.39 is 17.2 Å². The number of hydrogen-bond acceptors (Lipinski definition) is 5. The molecule has 1 N–H and O–H groups in total. The monoisotopic (exact) mass is 328 g/mol. The van der Waals surface area contributed by atoms with Crippen molar-refractivity contribution in [2.75, 3.05) is 0 Å². The largest absolute Gasteiger partial charge is 0.481 e. The Bertz CT molecular complexity index is 437. The van der Waals surface area contributed by atoms with Gasteiger partial charge in [-0.25, -0.2) is 9.78 Å². The zero-order chi connectivity index (χ0) is 16.9. The molecule has 2 heterocycles. The van der Waals surface area contributed by atoms with Crippen LogP contribution < -0.4 is 0 Å². The highest BCUT2D eigenvalue weighted by Crippen LogP contribution is 2.44. The maximum absolute atomic E-state index is 11.5. The molecule has 0 unspecified atom stereocenters. The number of rotatable bonds is 9. The summed E-state index contributed by atoms with van der Waals surface area (Å²) in [4.78, 5) is 32.9. The summed E-state index contributed by atoms with van der Waals surface area (Å²) < 4.78 is 5.45. The number of fused-ring (bicyclic) bond motifs is 1. The highest BCUT2D eigenvalue weighted by molar-refractivity contribution is 5.73. The highest BCUT2D eigenvalue weighted by atomic mass is 17.2. The predicted octanol–water partition coefficient (Wildman–Crippen LogP) is 3.38. The van der Waals surface area contributed by atoms with Gasteiger partial charge in [-0.05, 0) is 26.7 Å². The topological polar surface area (TPSA) is 82.1 Å². The summed E-state index contributed by atoms with van der Waals surface area (Å²) in [6.07, 6.45) is 7.77. The van der Waals surface area contributed by atoms with Gasteiger partial charge in [-0.3, -0.25) is 9.59 Å². The molecule has 6 nitrogen and oxygen atoms in total. The summed E-state index contributed by atoms with van der Waals surface area (Å²) in [7, 11) is 0. The SMILES string of the molecule is C[C@]1(CCCCCCCCC(=O)O)C[C@]2(C)OC(=O)C[C@@H]2OO1. The summed E-state index contributed by atoms with van der Waals surface area (Å²) in [5.41, 5.74) is -0.986. The van der Waals surface area contributed by atoms with Gasteiger partial charge < -0.3 is 9.84 Å². The van der Waals surface area contributed by atoms with E-state index >= 15 is 0 Å². The van der Waals surface area contributed by atoms with Gasteiger partial charge in [-0.1, -0.05) is 32.1 Å².